The van der Waals surface area contributed by atoms with Gasteiger partial charge in [-0.3, -0.25) is 19.6 Å². The third kappa shape index (κ3) is 7.32. The van der Waals surface area contributed by atoms with Gasteiger partial charge in [-0.25, -0.2) is 9.59 Å². The van der Waals surface area contributed by atoms with E-state index in [4.69, 9.17) is 21.1 Å². The van der Waals surface area contributed by atoms with E-state index in [9.17, 15) is 14.4 Å². The predicted molar refractivity (Wildman–Crippen MR) is 189 cm³/mol. The topological polar surface area (TPSA) is 94.7 Å². The van der Waals surface area contributed by atoms with E-state index in [1.807, 2.05) is 99.6 Å². The van der Waals surface area contributed by atoms with Crippen LogP contribution in [0.4, 0.5) is 4.79 Å². The summed E-state index contributed by atoms with van der Waals surface area (Å²) < 4.78 is 11.0. The summed E-state index contributed by atoms with van der Waals surface area (Å²) >= 11 is 6.71. The minimum atomic E-state index is -0.610. The van der Waals surface area contributed by atoms with Crippen LogP contribution in [0.3, 0.4) is 0 Å². The fraction of sp³-hybridized carbons (Fsp3) is 0.395. The van der Waals surface area contributed by atoms with Gasteiger partial charge in [0.2, 0.25) is 0 Å². The molecule has 0 aliphatic carbocycles. The molecule has 1 saturated heterocycles. The molecule has 0 saturated carbocycles. The normalized spacial score (nSPS) is 20.4. The van der Waals surface area contributed by atoms with Crippen molar-refractivity contribution in [1.82, 2.24) is 25.1 Å². The maximum Gasteiger partial charge on any atom is 0.407 e. The van der Waals surface area contributed by atoms with Crippen molar-refractivity contribution >= 4 is 40.3 Å². The molecule has 2 amide bonds. The minimum Gasteiger partial charge on any atom is -0.461 e. The Hall–Kier alpha value is -4.38. The lowest BCUT2D eigenvalue weighted by molar-refractivity contribution is -0.145. The number of amides is 2. The molecule has 6 rings (SSSR count). The van der Waals surface area contributed by atoms with Crippen molar-refractivity contribution in [2.75, 3.05) is 26.7 Å². The molecular weight excluding hydrogens is 642 g/mol. The van der Waals surface area contributed by atoms with Crippen molar-refractivity contribution in [1.29, 1.82) is 0 Å². The first kappa shape index (κ1) is 34.5. The lowest BCUT2D eigenvalue weighted by Gasteiger charge is -2.42. The van der Waals surface area contributed by atoms with Gasteiger partial charge in [0.15, 0.2) is 0 Å². The van der Waals surface area contributed by atoms with E-state index in [-0.39, 0.29) is 37.0 Å². The molecule has 3 aliphatic rings. The number of piperidine rings is 1. The highest BCUT2D eigenvalue weighted by Crippen LogP contribution is 2.40. The molecule has 10 nitrogen and oxygen atoms in total. The zero-order valence-electron chi connectivity index (χ0n) is 28.7. The zero-order chi connectivity index (χ0) is 34.9. The summed E-state index contributed by atoms with van der Waals surface area (Å²) in [5.74, 6) is -0.866. The fourth-order valence-corrected chi connectivity index (χ4v) is 7.21. The zero-order valence-corrected chi connectivity index (χ0v) is 29.5. The van der Waals surface area contributed by atoms with Gasteiger partial charge in [0.25, 0.3) is 5.91 Å². The Kier molecular flexibility index (Phi) is 10.0. The fourth-order valence-electron chi connectivity index (χ4n) is 7.01. The number of nitrogens with zero attached hydrogens (tertiary/aromatic N) is 4. The number of carbonyl (C=O) groups excluding carboxylic acids is 3. The van der Waals surface area contributed by atoms with Crippen molar-refractivity contribution < 1.29 is 23.9 Å². The van der Waals surface area contributed by atoms with E-state index in [1.54, 1.807) is 18.1 Å². The first-order valence-corrected chi connectivity index (χ1v) is 17.2. The molecule has 1 unspecified atom stereocenters. The third-order valence-corrected chi connectivity index (χ3v) is 9.44. The molecule has 3 aliphatic heterocycles. The summed E-state index contributed by atoms with van der Waals surface area (Å²) in [6.45, 7) is 8.93. The smallest absolute Gasteiger partial charge is 0.407 e. The second-order valence-corrected chi connectivity index (χ2v) is 14.1. The van der Waals surface area contributed by atoms with E-state index in [1.165, 1.54) is 4.90 Å². The molecule has 2 atom stereocenters. The number of carbonyl (C=O) groups is 3. The Labute approximate surface area is 292 Å². The van der Waals surface area contributed by atoms with E-state index < -0.39 is 17.7 Å². The van der Waals surface area contributed by atoms with Crippen LogP contribution >= 0.6 is 11.6 Å². The van der Waals surface area contributed by atoms with Crippen LogP contribution in [0.2, 0.25) is 5.02 Å². The molecule has 258 valence electrons. The highest BCUT2D eigenvalue weighted by atomic mass is 35.5. The molecule has 0 spiro atoms. The molecule has 1 fully saturated rings. The van der Waals surface area contributed by atoms with Gasteiger partial charge >= 0.3 is 12.1 Å². The van der Waals surface area contributed by atoms with E-state index in [0.29, 0.717) is 23.7 Å². The molecule has 0 bridgehead atoms. The third-order valence-electron chi connectivity index (χ3n) is 9.07. The van der Waals surface area contributed by atoms with Crippen LogP contribution in [0.1, 0.15) is 51.7 Å². The molecule has 49 heavy (non-hydrogen) atoms. The Morgan fingerprint density at radius 1 is 1.00 bits per heavy atom. The maximum atomic E-state index is 14.9. The highest BCUT2D eigenvalue weighted by molar-refractivity contribution is 6.31. The average molecular weight is 686 g/mol. The number of benzene rings is 3. The number of nitrogens with one attached hydrogen (secondary N) is 1. The average Bonchev–Trinajstić information content (AvgIpc) is 3.33. The van der Waals surface area contributed by atoms with Crippen LogP contribution in [-0.2, 0) is 32.0 Å². The van der Waals surface area contributed by atoms with Crippen LogP contribution in [0.25, 0.3) is 10.8 Å². The van der Waals surface area contributed by atoms with Crippen LogP contribution in [-0.4, -0.2) is 82.3 Å². The molecule has 0 radical (unpaired) electrons. The summed E-state index contributed by atoms with van der Waals surface area (Å²) in [6, 6.07) is 21.5. The predicted octanol–water partition coefficient (Wildman–Crippen LogP) is 6.21. The number of fused-ring (bicyclic) bond motifs is 2. The molecule has 1 N–H and O–H groups in total. The van der Waals surface area contributed by atoms with Crippen molar-refractivity contribution in [2.45, 2.75) is 71.3 Å². The number of likely N-dealkylation sites (tertiary alicyclic amines) is 1. The lowest BCUT2D eigenvalue weighted by atomic mass is 9.97. The summed E-state index contributed by atoms with van der Waals surface area (Å²) in [7, 11) is 1.92. The lowest BCUT2D eigenvalue weighted by Crippen LogP contribution is -2.56. The molecule has 11 heteroatoms. The van der Waals surface area contributed by atoms with E-state index in [2.05, 4.69) is 10.2 Å². The van der Waals surface area contributed by atoms with Crippen molar-refractivity contribution in [3.8, 4) is 0 Å². The van der Waals surface area contributed by atoms with Crippen LogP contribution in [0.5, 0.6) is 0 Å². The minimum absolute atomic E-state index is 0.148. The highest BCUT2D eigenvalue weighted by Gasteiger charge is 2.48. The molecule has 0 aromatic heterocycles. The standard InChI is InChI=1S/C38H44ClN5O5/c1-6-48-36(46)32-24-44-33(35(45)43(32)22-27-16-11-15-25-13-7-9-18-29(25)27)30(21-26-14-8-10-19-31(26)39)34(41(44)5)42-20-12-17-28(23-42)40-37(47)49-38(2,3)4/h7-11,13-16,18-19,24,28,34H,6,12,17,20-23H2,1-5H3,(H,40,47)/t28-,34?/m1/s1. The number of hydrogen-bond donors (Lipinski definition) is 1. The van der Waals surface area contributed by atoms with Gasteiger partial charge in [0.05, 0.1) is 19.4 Å². The number of halogens is 1. The quantitative estimate of drug-likeness (QED) is 0.280. The molecule has 3 aromatic rings. The van der Waals surface area contributed by atoms with Gasteiger partial charge in [-0.1, -0.05) is 72.3 Å². The van der Waals surface area contributed by atoms with Crippen LogP contribution in [0, 0.1) is 0 Å². The monoisotopic (exact) mass is 685 g/mol. The number of alkyl carbamates (subject to hydrolysis) is 1. The summed E-state index contributed by atoms with van der Waals surface area (Å²) in [6.07, 6.45) is 2.97. The van der Waals surface area contributed by atoms with Crippen molar-refractivity contribution in [3.63, 3.8) is 0 Å². The Morgan fingerprint density at radius 3 is 2.47 bits per heavy atom. The van der Waals surface area contributed by atoms with Gasteiger partial charge in [-0.2, -0.15) is 5.01 Å². The largest absolute Gasteiger partial charge is 0.461 e. The number of hydrogen-bond acceptors (Lipinski definition) is 8. The number of esters is 1. The second kappa shape index (κ2) is 14.2. The summed E-state index contributed by atoms with van der Waals surface area (Å²) in [4.78, 5) is 45.0. The summed E-state index contributed by atoms with van der Waals surface area (Å²) in [5, 5.41) is 9.49. The Morgan fingerprint density at radius 2 is 1.71 bits per heavy atom. The van der Waals surface area contributed by atoms with Gasteiger partial charge < -0.3 is 14.8 Å². The SMILES string of the molecule is CCOC(=O)C1=CN2C(=C(Cc3ccccc3Cl)C(N3CCC[C@@H](NC(=O)OC(C)(C)C)C3)N2C)C(=O)N1Cc1cccc2ccccc12. The maximum absolute atomic E-state index is 14.9. The number of hydrazine groups is 1. The van der Waals surface area contributed by atoms with Crippen molar-refractivity contribution in [2.24, 2.45) is 0 Å². The Bertz CT molecular complexity index is 1810. The number of rotatable bonds is 8. The first-order valence-electron chi connectivity index (χ1n) is 16.8. The van der Waals surface area contributed by atoms with Gasteiger partial charge in [0, 0.05) is 37.6 Å². The van der Waals surface area contributed by atoms with E-state index >= 15 is 0 Å². The summed E-state index contributed by atoms with van der Waals surface area (Å²) in [5.41, 5.74) is 2.69. The van der Waals surface area contributed by atoms with Crippen LogP contribution < -0.4 is 5.32 Å². The van der Waals surface area contributed by atoms with Crippen molar-refractivity contribution in [3.05, 3.63) is 106 Å². The van der Waals surface area contributed by atoms with E-state index in [0.717, 1.165) is 46.9 Å². The molecule has 3 heterocycles. The van der Waals surface area contributed by atoms with Crippen LogP contribution in [0.15, 0.2) is 89.9 Å². The second-order valence-electron chi connectivity index (χ2n) is 13.7. The Balaban J connectivity index is 1.41. The number of likely N-dealkylation sites (N-methyl/N-ethyl adjacent to an activating group) is 1. The first-order chi connectivity index (χ1) is 23.4. The molecular formula is C38H44ClN5O5. The number of ether oxygens (including phenoxy) is 2. The van der Waals surface area contributed by atoms with Gasteiger partial charge in [-0.05, 0) is 74.1 Å². The van der Waals surface area contributed by atoms with Gasteiger partial charge in [0.1, 0.15) is 23.2 Å². The van der Waals surface area contributed by atoms with Gasteiger partial charge in [-0.15, -0.1) is 0 Å². The molecule has 3 aromatic carbocycles.